The van der Waals surface area contributed by atoms with E-state index in [-0.39, 0.29) is 17.3 Å². The van der Waals surface area contributed by atoms with Crippen LogP contribution >= 0.6 is 11.6 Å². The average molecular weight is 393 g/mol. The van der Waals surface area contributed by atoms with Gasteiger partial charge in [0.15, 0.2) is 0 Å². The fraction of sp³-hybridized carbons (Fsp3) is 0.0952. The monoisotopic (exact) mass is 392 g/mol. The molecular weight excluding hydrogens is 376 g/mol. The van der Waals surface area contributed by atoms with Crippen LogP contribution in [0.5, 0.6) is 5.75 Å². The van der Waals surface area contributed by atoms with E-state index in [1.54, 1.807) is 16.8 Å². The van der Waals surface area contributed by atoms with Gasteiger partial charge in [0.1, 0.15) is 5.75 Å². The first-order chi connectivity index (χ1) is 13.4. The highest BCUT2D eigenvalue weighted by atomic mass is 35.5. The number of phenols is 1. The van der Waals surface area contributed by atoms with Gasteiger partial charge in [-0.15, -0.1) is 0 Å². The Morgan fingerprint density at radius 1 is 1.18 bits per heavy atom. The summed E-state index contributed by atoms with van der Waals surface area (Å²) in [6, 6.07) is 13.7. The summed E-state index contributed by atoms with van der Waals surface area (Å²) in [4.78, 5) is 17.7. The molecule has 0 aliphatic carbocycles. The Bertz CT molecular complexity index is 1220. The van der Waals surface area contributed by atoms with Crippen molar-refractivity contribution < 1.29 is 9.90 Å². The average Bonchev–Trinajstić information content (AvgIpc) is 3.02. The summed E-state index contributed by atoms with van der Waals surface area (Å²) in [6.07, 6.45) is 1.87. The molecular formula is C21H17ClN4O2. The lowest BCUT2D eigenvalue weighted by atomic mass is 10.0. The molecule has 0 aliphatic rings. The van der Waals surface area contributed by atoms with Crippen molar-refractivity contribution in [3.8, 4) is 17.0 Å². The maximum absolute atomic E-state index is 13.1. The first-order valence-electron chi connectivity index (χ1n) is 8.62. The van der Waals surface area contributed by atoms with E-state index in [1.807, 2.05) is 44.4 Å². The number of benzene rings is 2. The van der Waals surface area contributed by atoms with Gasteiger partial charge in [0, 0.05) is 29.2 Å². The van der Waals surface area contributed by atoms with Crippen molar-refractivity contribution in [2.75, 3.05) is 5.32 Å². The maximum atomic E-state index is 13.1. The van der Waals surface area contributed by atoms with E-state index in [9.17, 15) is 9.90 Å². The Morgan fingerprint density at radius 3 is 2.71 bits per heavy atom. The standard InChI is InChI=1S/C21H17ClN4O2/c1-12-16(11-26(2)25-12)18-10-15(14-5-3-4-6-17(14)23-18)21(28)24-19-9-13(22)7-8-20(19)27/h3-11,27H,1-2H3,(H,24,28). The van der Waals surface area contributed by atoms with Crippen LogP contribution in [0.2, 0.25) is 5.02 Å². The summed E-state index contributed by atoms with van der Waals surface area (Å²) >= 11 is 5.98. The number of aryl methyl sites for hydroxylation is 2. The molecule has 0 fully saturated rings. The molecule has 6 nitrogen and oxygen atoms in total. The van der Waals surface area contributed by atoms with Crippen molar-refractivity contribution in [1.82, 2.24) is 14.8 Å². The zero-order chi connectivity index (χ0) is 19.8. The smallest absolute Gasteiger partial charge is 0.256 e. The number of carbonyl (C=O) groups excluding carboxylic acids is 1. The van der Waals surface area contributed by atoms with Crippen molar-refractivity contribution in [1.29, 1.82) is 0 Å². The van der Waals surface area contributed by atoms with Crippen LogP contribution in [0, 0.1) is 6.92 Å². The van der Waals surface area contributed by atoms with E-state index < -0.39 is 0 Å². The van der Waals surface area contributed by atoms with Crippen molar-refractivity contribution in [3.05, 3.63) is 71.0 Å². The topological polar surface area (TPSA) is 80.0 Å². The molecule has 7 heteroatoms. The van der Waals surface area contributed by atoms with Gasteiger partial charge in [0.25, 0.3) is 5.91 Å². The minimum Gasteiger partial charge on any atom is -0.506 e. The number of anilines is 1. The molecule has 2 heterocycles. The van der Waals surface area contributed by atoms with E-state index in [1.165, 1.54) is 12.1 Å². The summed E-state index contributed by atoms with van der Waals surface area (Å²) in [5.41, 5.74) is 3.73. The van der Waals surface area contributed by atoms with Gasteiger partial charge in [-0.3, -0.25) is 9.48 Å². The number of pyridine rings is 1. The summed E-state index contributed by atoms with van der Waals surface area (Å²) in [6.45, 7) is 1.90. The molecule has 4 rings (SSSR count). The number of phenolic OH excluding ortho intramolecular Hbond substituents is 1. The second-order valence-corrected chi connectivity index (χ2v) is 6.93. The zero-order valence-corrected chi connectivity index (χ0v) is 16.0. The number of amides is 1. The van der Waals surface area contributed by atoms with E-state index in [4.69, 9.17) is 16.6 Å². The van der Waals surface area contributed by atoms with Crippen molar-refractivity contribution in [2.24, 2.45) is 7.05 Å². The third-order valence-electron chi connectivity index (χ3n) is 4.46. The van der Waals surface area contributed by atoms with E-state index in [2.05, 4.69) is 10.4 Å². The Morgan fingerprint density at radius 2 is 1.96 bits per heavy atom. The fourth-order valence-corrected chi connectivity index (χ4v) is 3.32. The minimum absolute atomic E-state index is 0.0561. The molecule has 0 saturated carbocycles. The maximum Gasteiger partial charge on any atom is 0.256 e. The highest BCUT2D eigenvalue weighted by Crippen LogP contribution is 2.30. The lowest BCUT2D eigenvalue weighted by molar-refractivity contribution is 0.102. The normalized spacial score (nSPS) is 11.0. The molecule has 2 aromatic carbocycles. The molecule has 0 aliphatic heterocycles. The Hall–Kier alpha value is -3.38. The van der Waals surface area contributed by atoms with Crippen molar-refractivity contribution >= 4 is 34.1 Å². The third-order valence-corrected chi connectivity index (χ3v) is 4.69. The molecule has 4 aromatic rings. The minimum atomic E-state index is -0.362. The van der Waals surface area contributed by atoms with Crippen LogP contribution in [0.4, 0.5) is 5.69 Å². The summed E-state index contributed by atoms with van der Waals surface area (Å²) < 4.78 is 1.71. The van der Waals surface area contributed by atoms with E-state index >= 15 is 0 Å². The van der Waals surface area contributed by atoms with Crippen LogP contribution in [0.15, 0.2) is 54.7 Å². The van der Waals surface area contributed by atoms with Crippen molar-refractivity contribution in [3.63, 3.8) is 0 Å². The predicted octanol–water partition coefficient (Wildman–Crippen LogP) is 4.56. The number of fused-ring (bicyclic) bond motifs is 1. The molecule has 0 bridgehead atoms. The number of para-hydroxylation sites is 1. The number of halogens is 1. The van der Waals surface area contributed by atoms with Crippen LogP contribution in [0.3, 0.4) is 0 Å². The van der Waals surface area contributed by atoms with Crippen molar-refractivity contribution in [2.45, 2.75) is 6.92 Å². The number of carbonyl (C=O) groups is 1. The molecule has 1 amide bonds. The molecule has 2 N–H and O–H groups in total. The van der Waals surface area contributed by atoms with Crippen LogP contribution in [-0.4, -0.2) is 25.8 Å². The third kappa shape index (κ3) is 3.30. The molecule has 0 spiro atoms. The molecule has 28 heavy (non-hydrogen) atoms. The van der Waals surface area contributed by atoms with Crippen LogP contribution in [-0.2, 0) is 7.05 Å². The molecule has 140 valence electrons. The second-order valence-electron chi connectivity index (χ2n) is 6.49. The lowest BCUT2D eigenvalue weighted by Crippen LogP contribution is -2.13. The highest BCUT2D eigenvalue weighted by molar-refractivity contribution is 6.31. The molecule has 0 saturated heterocycles. The first-order valence-corrected chi connectivity index (χ1v) is 9.00. The largest absolute Gasteiger partial charge is 0.506 e. The van der Waals surface area contributed by atoms with Gasteiger partial charge in [-0.1, -0.05) is 29.8 Å². The number of aromatic nitrogens is 3. The van der Waals surface area contributed by atoms with Gasteiger partial charge in [-0.05, 0) is 37.3 Å². The van der Waals surface area contributed by atoms with Gasteiger partial charge in [-0.2, -0.15) is 5.10 Å². The van der Waals surface area contributed by atoms with Gasteiger partial charge >= 0.3 is 0 Å². The molecule has 2 aromatic heterocycles. The van der Waals surface area contributed by atoms with Crippen LogP contribution < -0.4 is 5.32 Å². The highest BCUT2D eigenvalue weighted by Gasteiger charge is 2.17. The van der Waals surface area contributed by atoms with Crippen LogP contribution in [0.25, 0.3) is 22.2 Å². The molecule has 0 atom stereocenters. The van der Waals surface area contributed by atoms with E-state index in [0.29, 0.717) is 27.2 Å². The SMILES string of the molecule is Cc1nn(C)cc1-c1cc(C(=O)Nc2cc(Cl)ccc2O)c2ccccc2n1. The number of aromatic hydroxyl groups is 1. The van der Waals surface area contributed by atoms with E-state index in [0.717, 1.165) is 11.3 Å². The number of nitrogens with one attached hydrogen (secondary N) is 1. The first kappa shape index (κ1) is 18.0. The molecule has 0 unspecified atom stereocenters. The van der Waals surface area contributed by atoms with Crippen LogP contribution in [0.1, 0.15) is 16.1 Å². The number of nitrogens with zero attached hydrogens (tertiary/aromatic N) is 3. The lowest BCUT2D eigenvalue weighted by Gasteiger charge is -2.11. The second kappa shape index (κ2) is 6.98. The van der Waals surface area contributed by atoms with Gasteiger partial charge in [0.2, 0.25) is 0 Å². The predicted molar refractivity (Wildman–Crippen MR) is 110 cm³/mol. The fourth-order valence-electron chi connectivity index (χ4n) is 3.15. The number of rotatable bonds is 3. The summed E-state index contributed by atoms with van der Waals surface area (Å²) in [5.74, 6) is -0.418. The summed E-state index contributed by atoms with van der Waals surface area (Å²) in [5, 5.41) is 18.2. The quantitative estimate of drug-likeness (QED) is 0.501. The zero-order valence-electron chi connectivity index (χ0n) is 15.3. The van der Waals surface area contributed by atoms with Gasteiger partial charge in [-0.25, -0.2) is 4.98 Å². The number of hydrogen-bond donors (Lipinski definition) is 2. The van der Waals surface area contributed by atoms with Gasteiger partial charge in [0.05, 0.1) is 28.2 Å². The number of hydrogen-bond acceptors (Lipinski definition) is 4. The van der Waals surface area contributed by atoms with Gasteiger partial charge < -0.3 is 10.4 Å². The Balaban J connectivity index is 1.84. The Kier molecular flexibility index (Phi) is 4.49. The molecule has 0 radical (unpaired) electrons. The Labute approximate surface area is 166 Å². The summed E-state index contributed by atoms with van der Waals surface area (Å²) in [7, 11) is 1.84.